The number of hydrogen-bond acceptors (Lipinski definition) is 5. The molecule has 1 saturated heterocycles. The van der Waals surface area contributed by atoms with Gasteiger partial charge < -0.3 is 14.5 Å². The van der Waals surface area contributed by atoms with Crippen molar-refractivity contribution in [2.75, 3.05) is 32.8 Å². The lowest BCUT2D eigenvalue weighted by molar-refractivity contribution is -0.139. The predicted molar refractivity (Wildman–Crippen MR) is 104 cm³/mol. The van der Waals surface area contributed by atoms with Gasteiger partial charge in [0, 0.05) is 44.7 Å². The van der Waals surface area contributed by atoms with Crippen LogP contribution in [0.1, 0.15) is 13.8 Å². The summed E-state index contributed by atoms with van der Waals surface area (Å²) in [6.07, 6.45) is 0. The molecular weight excluding hydrogens is 360 g/mol. The van der Waals surface area contributed by atoms with Crippen LogP contribution in [0.3, 0.4) is 0 Å². The molecule has 0 spiro atoms. The maximum atomic E-state index is 12.6. The molecule has 0 aliphatic carbocycles. The number of carbonyl (C=O) groups is 2. The van der Waals surface area contributed by atoms with Gasteiger partial charge in [-0.1, -0.05) is 0 Å². The summed E-state index contributed by atoms with van der Waals surface area (Å²) in [5.74, 6) is 0.592. The molecule has 2 heterocycles. The molecule has 0 N–H and O–H groups in total. The zero-order valence-electron chi connectivity index (χ0n) is 16.1. The van der Waals surface area contributed by atoms with Crippen LogP contribution in [0.15, 0.2) is 41.2 Å². The van der Waals surface area contributed by atoms with E-state index in [1.54, 1.807) is 15.9 Å². The van der Waals surface area contributed by atoms with Crippen molar-refractivity contribution in [3.63, 3.8) is 0 Å². The van der Waals surface area contributed by atoms with E-state index in [1.807, 2.05) is 31.2 Å². The van der Waals surface area contributed by atoms with Gasteiger partial charge in [0.25, 0.3) is 5.56 Å². The molecule has 0 atom stereocenters. The number of amides is 2. The minimum Gasteiger partial charge on any atom is -0.494 e. The van der Waals surface area contributed by atoms with Gasteiger partial charge in [-0.15, -0.1) is 0 Å². The van der Waals surface area contributed by atoms with Gasteiger partial charge in [0.1, 0.15) is 12.3 Å². The molecule has 2 amide bonds. The molecule has 0 saturated carbocycles. The topological polar surface area (TPSA) is 84.7 Å². The Balaban J connectivity index is 1.70. The first-order valence-electron chi connectivity index (χ1n) is 9.32. The van der Waals surface area contributed by atoms with Gasteiger partial charge in [-0.2, -0.15) is 5.10 Å². The molecule has 8 nitrogen and oxygen atoms in total. The third-order valence-electron chi connectivity index (χ3n) is 4.69. The van der Waals surface area contributed by atoms with Crippen LogP contribution in [0, 0.1) is 0 Å². The molecular formula is C20H24N4O4. The summed E-state index contributed by atoms with van der Waals surface area (Å²) in [6.45, 7) is 5.85. The highest BCUT2D eigenvalue weighted by atomic mass is 16.5. The maximum Gasteiger partial charge on any atom is 0.267 e. The largest absolute Gasteiger partial charge is 0.494 e. The van der Waals surface area contributed by atoms with Crippen molar-refractivity contribution in [3.8, 4) is 17.0 Å². The number of piperazine rings is 1. The van der Waals surface area contributed by atoms with Gasteiger partial charge in [0.15, 0.2) is 0 Å². The summed E-state index contributed by atoms with van der Waals surface area (Å²) in [7, 11) is 0. The second-order valence-electron chi connectivity index (χ2n) is 6.56. The molecule has 8 heteroatoms. The van der Waals surface area contributed by atoms with Gasteiger partial charge in [-0.05, 0) is 37.3 Å². The standard InChI is InChI=1S/C20H24N4O4/c1-3-28-17-6-4-16(5-7-17)18-8-9-19(26)24(21-18)14-20(27)23-12-10-22(11-13-23)15(2)25/h4-9H,3,10-14H2,1-2H3. The zero-order valence-corrected chi connectivity index (χ0v) is 16.1. The summed E-state index contributed by atoms with van der Waals surface area (Å²) in [5.41, 5.74) is 1.11. The second-order valence-corrected chi connectivity index (χ2v) is 6.56. The Bertz CT molecular complexity index is 899. The van der Waals surface area contributed by atoms with Crippen LogP contribution in [0.4, 0.5) is 0 Å². The molecule has 148 valence electrons. The summed E-state index contributed by atoms with van der Waals surface area (Å²) >= 11 is 0. The molecule has 0 bridgehead atoms. The molecule has 3 rings (SSSR count). The quantitative estimate of drug-likeness (QED) is 0.768. The second kappa shape index (κ2) is 8.69. The fourth-order valence-corrected chi connectivity index (χ4v) is 3.10. The lowest BCUT2D eigenvalue weighted by Crippen LogP contribution is -2.51. The molecule has 1 aliphatic rings. The zero-order chi connectivity index (χ0) is 20.1. The van der Waals surface area contributed by atoms with E-state index in [1.165, 1.54) is 17.7 Å². The number of benzene rings is 1. The normalized spacial score (nSPS) is 14.1. The van der Waals surface area contributed by atoms with E-state index in [9.17, 15) is 14.4 Å². The lowest BCUT2D eigenvalue weighted by atomic mass is 10.1. The first-order chi connectivity index (χ1) is 13.5. The van der Waals surface area contributed by atoms with Crippen LogP contribution in [0.2, 0.25) is 0 Å². The van der Waals surface area contributed by atoms with Crippen LogP contribution >= 0.6 is 0 Å². The summed E-state index contributed by atoms with van der Waals surface area (Å²) in [4.78, 5) is 39.5. The molecule has 0 radical (unpaired) electrons. The minimum atomic E-state index is -0.328. The Morgan fingerprint density at radius 3 is 2.25 bits per heavy atom. The van der Waals surface area contributed by atoms with Crippen molar-refractivity contribution in [2.45, 2.75) is 20.4 Å². The number of nitrogens with zero attached hydrogens (tertiary/aromatic N) is 4. The SMILES string of the molecule is CCOc1ccc(-c2ccc(=O)n(CC(=O)N3CCN(C(C)=O)CC3)n2)cc1. The van der Waals surface area contributed by atoms with E-state index in [4.69, 9.17) is 4.74 Å². The number of rotatable bonds is 5. The average molecular weight is 384 g/mol. The highest BCUT2D eigenvalue weighted by molar-refractivity contribution is 5.77. The fourth-order valence-electron chi connectivity index (χ4n) is 3.10. The van der Waals surface area contributed by atoms with Gasteiger partial charge in [0.05, 0.1) is 12.3 Å². The fraction of sp³-hybridized carbons (Fsp3) is 0.400. The lowest BCUT2D eigenvalue weighted by Gasteiger charge is -2.34. The number of hydrogen-bond donors (Lipinski definition) is 0. The maximum absolute atomic E-state index is 12.6. The number of aromatic nitrogens is 2. The molecule has 28 heavy (non-hydrogen) atoms. The summed E-state index contributed by atoms with van der Waals surface area (Å²) in [6, 6.07) is 10.5. The Kier molecular flexibility index (Phi) is 6.08. The van der Waals surface area contributed by atoms with E-state index in [2.05, 4.69) is 5.10 Å². The summed E-state index contributed by atoms with van der Waals surface area (Å²) < 4.78 is 6.62. The van der Waals surface area contributed by atoms with E-state index in [0.717, 1.165) is 11.3 Å². The van der Waals surface area contributed by atoms with E-state index < -0.39 is 0 Å². The Morgan fingerprint density at radius 2 is 1.64 bits per heavy atom. The van der Waals surface area contributed by atoms with Gasteiger partial charge in [-0.3, -0.25) is 14.4 Å². The predicted octanol–water partition coefficient (Wildman–Crippen LogP) is 1.000. The number of ether oxygens (including phenoxy) is 1. The minimum absolute atomic E-state index is 0.00745. The molecule has 1 aliphatic heterocycles. The van der Waals surface area contributed by atoms with Gasteiger partial charge >= 0.3 is 0 Å². The average Bonchev–Trinajstić information content (AvgIpc) is 2.70. The van der Waals surface area contributed by atoms with Crippen LogP contribution < -0.4 is 10.3 Å². The van der Waals surface area contributed by atoms with Crippen molar-refractivity contribution >= 4 is 11.8 Å². The van der Waals surface area contributed by atoms with Crippen molar-refractivity contribution in [3.05, 3.63) is 46.8 Å². The van der Waals surface area contributed by atoms with Gasteiger partial charge in [-0.25, -0.2) is 4.68 Å². The van der Waals surface area contributed by atoms with E-state index >= 15 is 0 Å². The highest BCUT2D eigenvalue weighted by Crippen LogP contribution is 2.19. The monoisotopic (exact) mass is 384 g/mol. The van der Waals surface area contributed by atoms with Crippen molar-refractivity contribution in [1.29, 1.82) is 0 Å². The van der Waals surface area contributed by atoms with Crippen LogP contribution in [0.5, 0.6) is 5.75 Å². The number of carbonyl (C=O) groups excluding carboxylic acids is 2. The Labute approximate surface area is 163 Å². The molecule has 1 fully saturated rings. The molecule has 1 aromatic carbocycles. The van der Waals surface area contributed by atoms with E-state index in [-0.39, 0.29) is 23.9 Å². The molecule has 1 aromatic heterocycles. The Morgan fingerprint density at radius 1 is 1.00 bits per heavy atom. The smallest absolute Gasteiger partial charge is 0.267 e. The highest BCUT2D eigenvalue weighted by Gasteiger charge is 2.23. The van der Waals surface area contributed by atoms with Crippen molar-refractivity contribution < 1.29 is 14.3 Å². The third-order valence-corrected chi connectivity index (χ3v) is 4.69. The molecule has 2 aromatic rings. The van der Waals surface area contributed by atoms with E-state index in [0.29, 0.717) is 38.5 Å². The third kappa shape index (κ3) is 4.57. The first kappa shape index (κ1) is 19.6. The summed E-state index contributed by atoms with van der Waals surface area (Å²) in [5, 5.41) is 4.35. The van der Waals surface area contributed by atoms with Crippen LogP contribution in [-0.2, 0) is 16.1 Å². The van der Waals surface area contributed by atoms with Crippen LogP contribution in [-0.4, -0.2) is 64.2 Å². The first-order valence-corrected chi connectivity index (χ1v) is 9.32. The molecule has 0 unspecified atom stereocenters. The van der Waals surface area contributed by atoms with Crippen LogP contribution in [0.25, 0.3) is 11.3 Å². The van der Waals surface area contributed by atoms with Crippen molar-refractivity contribution in [2.24, 2.45) is 0 Å². The van der Waals surface area contributed by atoms with Gasteiger partial charge in [0.2, 0.25) is 11.8 Å². The Hall–Kier alpha value is -3.16. The van der Waals surface area contributed by atoms with Crippen molar-refractivity contribution in [1.82, 2.24) is 19.6 Å².